The van der Waals surface area contributed by atoms with E-state index in [9.17, 15) is 19.8 Å². The van der Waals surface area contributed by atoms with Crippen molar-refractivity contribution in [3.63, 3.8) is 0 Å². The molecule has 0 bridgehead atoms. The average Bonchev–Trinajstić information content (AvgIpc) is 2.90. The van der Waals surface area contributed by atoms with E-state index in [-0.39, 0.29) is 44.7 Å². The summed E-state index contributed by atoms with van der Waals surface area (Å²) in [4.78, 5) is 22.1. The molecule has 2 N–H and O–H groups in total. The van der Waals surface area contributed by atoms with Crippen LogP contribution in [0.3, 0.4) is 0 Å². The summed E-state index contributed by atoms with van der Waals surface area (Å²) in [6.45, 7) is 11.2. The van der Waals surface area contributed by atoms with Crippen molar-refractivity contribution in [3.05, 3.63) is 85.0 Å². The summed E-state index contributed by atoms with van der Waals surface area (Å²) in [6.07, 6.45) is 1.19. The zero-order chi connectivity index (χ0) is 27.3. The van der Waals surface area contributed by atoms with Crippen LogP contribution in [0.1, 0.15) is 37.8 Å². The second kappa shape index (κ2) is 14.8. The molecule has 2 atom stereocenters. The zero-order valence-electron chi connectivity index (χ0n) is 21.4. The van der Waals surface area contributed by atoms with Gasteiger partial charge in [0.05, 0.1) is 25.4 Å². The van der Waals surface area contributed by atoms with Crippen LogP contribution in [-0.2, 0) is 24.5 Å². The molecule has 0 aliphatic carbocycles. The van der Waals surface area contributed by atoms with E-state index in [0.717, 1.165) is 23.3 Å². The van der Waals surface area contributed by atoms with E-state index in [4.69, 9.17) is 18.9 Å². The maximum absolute atomic E-state index is 11.0. The predicted molar refractivity (Wildman–Crippen MR) is 140 cm³/mol. The molecule has 200 valence electrons. The monoisotopic (exact) mass is 512 g/mol. The molecule has 8 heteroatoms. The molecule has 0 aliphatic rings. The van der Waals surface area contributed by atoms with Crippen molar-refractivity contribution in [2.45, 2.75) is 44.3 Å². The van der Waals surface area contributed by atoms with Crippen molar-refractivity contribution in [3.8, 4) is 11.5 Å². The summed E-state index contributed by atoms with van der Waals surface area (Å²) in [5.41, 5.74) is 1.87. The molecule has 2 unspecified atom stereocenters. The number of carbonyl (C=O) groups excluding carboxylic acids is 2. The van der Waals surface area contributed by atoms with Crippen LogP contribution in [0.25, 0.3) is 0 Å². The molecule has 2 aromatic carbocycles. The quantitative estimate of drug-likeness (QED) is 0.259. The molecule has 8 nitrogen and oxygen atoms in total. The highest BCUT2D eigenvalue weighted by molar-refractivity contribution is 5.81. The Balaban J connectivity index is 1.84. The summed E-state index contributed by atoms with van der Waals surface area (Å²) in [5, 5.41) is 20.0. The van der Waals surface area contributed by atoms with Crippen molar-refractivity contribution in [1.82, 2.24) is 0 Å². The molecule has 2 aromatic rings. The number of hydrogen-bond acceptors (Lipinski definition) is 8. The Morgan fingerprint density at radius 2 is 1.11 bits per heavy atom. The highest BCUT2D eigenvalue weighted by Crippen LogP contribution is 2.33. The van der Waals surface area contributed by atoms with E-state index in [0.29, 0.717) is 11.5 Å². The van der Waals surface area contributed by atoms with Gasteiger partial charge in [0.15, 0.2) is 0 Å². The maximum atomic E-state index is 11.0. The van der Waals surface area contributed by atoms with E-state index < -0.39 is 24.1 Å². The van der Waals surface area contributed by atoms with Crippen LogP contribution in [0.4, 0.5) is 0 Å². The van der Waals surface area contributed by atoms with Gasteiger partial charge in [0, 0.05) is 30.4 Å². The number of carbonyl (C=O) groups is 2. The number of aliphatic hydroxyl groups is 2. The Morgan fingerprint density at radius 1 is 0.757 bits per heavy atom. The highest BCUT2D eigenvalue weighted by atomic mass is 16.5. The molecule has 37 heavy (non-hydrogen) atoms. The molecule has 0 aromatic heterocycles. The van der Waals surface area contributed by atoms with Crippen LogP contribution in [0, 0.1) is 0 Å². The summed E-state index contributed by atoms with van der Waals surface area (Å²) in [5.74, 6) is 0.215. The number of esters is 2. The SMILES string of the molecule is C=CC(=O)OCCC(O)COc1ccc(C(C)(C)c2ccc(OCC(O)CCOC(=O)C=C)cc2)cc1. The van der Waals surface area contributed by atoms with E-state index in [1.54, 1.807) is 0 Å². The fourth-order valence-corrected chi connectivity index (χ4v) is 3.36. The third-order valence-corrected chi connectivity index (χ3v) is 5.76. The average molecular weight is 513 g/mol. The number of benzene rings is 2. The molecule has 0 spiro atoms. The van der Waals surface area contributed by atoms with Crippen LogP contribution in [0.2, 0.25) is 0 Å². The Hall–Kier alpha value is -3.62. The van der Waals surface area contributed by atoms with Crippen LogP contribution < -0.4 is 9.47 Å². The van der Waals surface area contributed by atoms with Gasteiger partial charge in [-0.2, -0.15) is 0 Å². The van der Waals surface area contributed by atoms with Gasteiger partial charge < -0.3 is 29.2 Å². The number of ether oxygens (including phenoxy) is 4. The molecule has 0 amide bonds. The summed E-state index contributed by atoms with van der Waals surface area (Å²) < 4.78 is 21.0. The lowest BCUT2D eigenvalue weighted by Gasteiger charge is -2.26. The second-order valence-corrected chi connectivity index (χ2v) is 8.92. The van der Waals surface area contributed by atoms with Crippen molar-refractivity contribution >= 4 is 11.9 Å². The molecular weight excluding hydrogens is 476 g/mol. The molecule has 0 radical (unpaired) electrons. The highest BCUT2D eigenvalue weighted by Gasteiger charge is 2.23. The Labute approximate surface area is 218 Å². The second-order valence-electron chi connectivity index (χ2n) is 8.92. The number of hydrogen-bond donors (Lipinski definition) is 2. The lowest BCUT2D eigenvalue weighted by Crippen LogP contribution is -2.21. The fraction of sp³-hybridized carbons (Fsp3) is 0.379. The first-order valence-corrected chi connectivity index (χ1v) is 12.1. The van der Waals surface area contributed by atoms with Gasteiger partial charge in [-0.1, -0.05) is 51.3 Å². The zero-order valence-corrected chi connectivity index (χ0v) is 21.4. The molecule has 0 heterocycles. The fourth-order valence-electron chi connectivity index (χ4n) is 3.36. The van der Waals surface area contributed by atoms with Crippen molar-refractivity contribution in [2.24, 2.45) is 0 Å². The molecule has 2 rings (SSSR count). The van der Waals surface area contributed by atoms with Crippen LogP contribution in [0.5, 0.6) is 11.5 Å². The van der Waals surface area contributed by atoms with Gasteiger partial charge in [-0.3, -0.25) is 0 Å². The first-order chi connectivity index (χ1) is 17.6. The van der Waals surface area contributed by atoms with Crippen molar-refractivity contribution in [2.75, 3.05) is 26.4 Å². The van der Waals surface area contributed by atoms with Gasteiger partial charge in [-0.05, 0) is 35.4 Å². The first-order valence-electron chi connectivity index (χ1n) is 12.1. The van der Waals surface area contributed by atoms with E-state index >= 15 is 0 Å². The molecule has 0 fully saturated rings. The topological polar surface area (TPSA) is 112 Å². The van der Waals surface area contributed by atoms with Gasteiger partial charge in [0.2, 0.25) is 0 Å². The number of aliphatic hydroxyl groups excluding tert-OH is 2. The van der Waals surface area contributed by atoms with Gasteiger partial charge >= 0.3 is 11.9 Å². The minimum absolute atomic E-state index is 0.0878. The Kier molecular flexibility index (Phi) is 11.9. The van der Waals surface area contributed by atoms with E-state index in [1.807, 2.05) is 48.5 Å². The van der Waals surface area contributed by atoms with Crippen molar-refractivity contribution < 1.29 is 38.7 Å². The molecular formula is C29H36O8. The minimum Gasteiger partial charge on any atom is -0.491 e. The summed E-state index contributed by atoms with van der Waals surface area (Å²) in [6, 6.07) is 15.3. The molecule has 0 saturated heterocycles. The van der Waals surface area contributed by atoms with Gasteiger partial charge in [-0.25, -0.2) is 9.59 Å². The third kappa shape index (κ3) is 10.1. The lowest BCUT2D eigenvalue weighted by molar-refractivity contribution is -0.139. The summed E-state index contributed by atoms with van der Waals surface area (Å²) in [7, 11) is 0. The minimum atomic E-state index is -0.759. The van der Waals surface area contributed by atoms with Crippen LogP contribution in [0.15, 0.2) is 73.8 Å². The van der Waals surface area contributed by atoms with E-state index in [1.165, 1.54) is 0 Å². The maximum Gasteiger partial charge on any atom is 0.330 e. The lowest BCUT2D eigenvalue weighted by atomic mass is 9.78. The normalized spacial score (nSPS) is 12.6. The molecule has 0 aliphatic heterocycles. The van der Waals surface area contributed by atoms with Crippen molar-refractivity contribution in [1.29, 1.82) is 0 Å². The van der Waals surface area contributed by atoms with E-state index in [2.05, 4.69) is 27.0 Å². The number of rotatable bonds is 16. The van der Waals surface area contributed by atoms with Gasteiger partial charge in [-0.15, -0.1) is 0 Å². The largest absolute Gasteiger partial charge is 0.491 e. The Morgan fingerprint density at radius 3 is 1.43 bits per heavy atom. The summed E-state index contributed by atoms with van der Waals surface area (Å²) >= 11 is 0. The van der Waals surface area contributed by atoms with Gasteiger partial charge in [0.25, 0.3) is 0 Å². The first kappa shape index (κ1) is 29.6. The van der Waals surface area contributed by atoms with Crippen LogP contribution >= 0.6 is 0 Å². The molecule has 0 saturated carbocycles. The predicted octanol–water partition coefficient (Wildman–Crippen LogP) is 3.73. The standard InChI is InChI=1S/C29H36O8/c1-5-27(32)34-17-15-23(30)19-36-25-11-7-21(8-12-25)29(3,4)22-9-13-26(14-10-22)37-20-24(31)16-18-35-28(33)6-2/h5-14,23-24,30-31H,1-2,15-20H2,3-4H3. The van der Waals surface area contributed by atoms with Crippen LogP contribution in [-0.4, -0.2) is 60.8 Å². The van der Waals surface area contributed by atoms with Gasteiger partial charge in [0.1, 0.15) is 24.7 Å². The Bertz CT molecular complexity index is 930. The smallest absolute Gasteiger partial charge is 0.330 e. The third-order valence-electron chi connectivity index (χ3n) is 5.76.